The van der Waals surface area contributed by atoms with Crippen LogP contribution in [0.5, 0.6) is 5.75 Å². The number of hydrogen-bond donors (Lipinski definition) is 2. The van der Waals surface area contributed by atoms with Crippen LogP contribution in [0.3, 0.4) is 0 Å². The largest absolute Gasteiger partial charge is 0.496 e. The average Bonchev–Trinajstić information content (AvgIpc) is 2.07. The van der Waals surface area contributed by atoms with E-state index in [2.05, 4.69) is 0 Å². The number of methoxy groups -OCH3 is 1. The van der Waals surface area contributed by atoms with E-state index in [1.807, 2.05) is 25.1 Å². The molecule has 0 saturated carbocycles. The van der Waals surface area contributed by atoms with E-state index in [-0.39, 0.29) is 5.84 Å². The van der Waals surface area contributed by atoms with Crippen molar-refractivity contribution in [2.24, 2.45) is 5.73 Å². The van der Waals surface area contributed by atoms with Crippen molar-refractivity contribution in [3.63, 3.8) is 0 Å². The molecule has 0 bridgehead atoms. The predicted molar refractivity (Wildman–Crippen MR) is 53.3 cm³/mol. The van der Waals surface area contributed by atoms with Gasteiger partial charge in [0.2, 0.25) is 0 Å². The van der Waals surface area contributed by atoms with Gasteiger partial charge in [-0.2, -0.15) is 0 Å². The number of nitrogens with two attached hydrogens (primary N) is 1. The normalized spacial score (nSPS) is 9.69. The molecule has 0 fully saturated rings. The third kappa shape index (κ3) is 2.47. The maximum absolute atomic E-state index is 7.15. The Kier molecular flexibility index (Phi) is 2.90. The quantitative estimate of drug-likeness (QED) is 0.544. The van der Waals surface area contributed by atoms with Crippen molar-refractivity contribution < 1.29 is 4.74 Å². The lowest BCUT2D eigenvalue weighted by Crippen LogP contribution is -2.12. The Morgan fingerprint density at radius 3 is 2.77 bits per heavy atom. The molecule has 1 aromatic rings. The minimum Gasteiger partial charge on any atom is -0.496 e. The minimum atomic E-state index is 0.172. The predicted octanol–water partition coefficient (Wildman–Crippen LogP) is 1.48. The molecule has 0 heterocycles. The van der Waals surface area contributed by atoms with Gasteiger partial charge in [0.25, 0.3) is 0 Å². The molecule has 1 rings (SSSR count). The van der Waals surface area contributed by atoms with E-state index in [0.29, 0.717) is 6.42 Å². The summed E-state index contributed by atoms with van der Waals surface area (Å²) in [7, 11) is 1.64. The van der Waals surface area contributed by atoms with Crippen LogP contribution in [0.1, 0.15) is 11.1 Å². The fourth-order valence-electron chi connectivity index (χ4n) is 1.19. The highest BCUT2D eigenvalue weighted by atomic mass is 16.5. The summed E-state index contributed by atoms with van der Waals surface area (Å²) >= 11 is 0. The van der Waals surface area contributed by atoms with Gasteiger partial charge in [-0.05, 0) is 24.1 Å². The number of ether oxygens (including phenoxy) is 1. The van der Waals surface area contributed by atoms with E-state index in [1.165, 1.54) is 0 Å². The SMILES string of the molecule is COc1cc(CC(=N)N)ccc1C. The summed E-state index contributed by atoms with van der Waals surface area (Å²) in [5.41, 5.74) is 7.40. The molecule has 70 valence electrons. The van der Waals surface area contributed by atoms with Gasteiger partial charge >= 0.3 is 0 Å². The molecule has 3 N–H and O–H groups in total. The molecule has 1 aromatic carbocycles. The fraction of sp³-hybridized carbons (Fsp3) is 0.300. The monoisotopic (exact) mass is 178 g/mol. The molecule has 0 atom stereocenters. The van der Waals surface area contributed by atoms with Gasteiger partial charge in [-0.25, -0.2) is 0 Å². The molecule has 0 amide bonds. The molecular formula is C10H14N2O. The lowest BCUT2D eigenvalue weighted by molar-refractivity contribution is 0.411. The van der Waals surface area contributed by atoms with E-state index >= 15 is 0 Å². The maximum atomic E-state index is 7.15. The maximum Gasteiger partial charge on any atom is 0.122 e. The van der Waals surface area contributed by atoms with Crippen LogP contribution in [-0.4, -0.2) is 12.9 Å². The second-order valence-electron chi connectivity index (χ2n) is 3.01. The molecule has 0 aliphatic heterocycles. The van der Waals surface area contributed by atoms with E-state index in [0.717, 1.165) is 16.9 Å². The van der Waals surface area contributed by atoms with E-state index in [4.69, 9.17) is 15.9 Å². The zero-order valence-electron chi connectivity index (χ0n) is 7.92. The van der Waals surface area contributed by atoms with Crippen LogP contribution in [0.15, 0.2) is 18.2 Å². The molecule has 3 heteroatoms. The number of aryl methyl sites for hydroxylation is 1. The van der Waals surface area contributed by atoms with Gasteiger partial charge in [-0.15, -0.1) is 0 Å². The highest BCUT2D eigenvalue weighted by Gasteiger charge is 2.00. The summed E-state index contributed by atoms with van der Waals surface area (Å²) in [6.45, 7) is 1.98. The summed E-state index contributed by atoms with van der Waals surface area (Å²) in [5, 5.41) is 7.15. The molecule has 0 radical (unpaired) electrons. The van der Waals surface area contributed by atoms with Crippen molar-refractivity contribution in [3.8, 4) is 5.75 Å². The van der Waals surface area contributed by atoms with Crippen molar-refractivity contribution in [2.45, 2.75) is 13.3 Å². The zero-order chi connectivity index (χ0) is 9.84. The van der Waals surface area contributed by atoms with E-state index < -0.39 is 0 Å². The number of hydrogen-bond acceptors (Lipinski definition) is 2. The first-order chi connectivity index (χ1) is 6.13. The first kappa shape index (κ1) is 9.58. The molecule has 0 aliphatic rings. The molecular weight excluding hydrogens is 164 g/mol. The lowest BCUT2D eigenvalue weighted by atomic mass is 10.1. The highest BCUT2D eigenvalue weighted by molar-refractivity contribution is 5.79. The Morgan fingerprint density at radius 2 is 2.23 bits per heavy atom. The molecule has 0 spiro atoms. The fourth-order valence-corrected chi connectivity index (χ4v) is 1.19. The third-order valence-corrected chi connectivity index (χ3v) is 1.87. The Balaban J connectivity index is 2.92. The second-order valence-corrected chi connectivity index (χ2v) is 3.01. The number of benzene rings is 1. The minimum absolute atomic E-state index is 0.172. The third-order valence-electron chi connectivity index (χ3n) is 1.87. The van der Waals surface area contributed by atoms with Crippen molar-refractivity contribution in [1.29, 1.82) is 5.41 Å². The van der Waals surface area contributed by atoms with Gasteiger partial charge in [0.1, 0.15) is 5.75 Å². The van der Waals surface area contributed by atoms with Gasteiger partial charge in [-0.3, -0.25) is 5.41 Å². The zero-order valence-corrected chi connectivity index (χ0v) is 7.92. The topological polar surface area (TPSA) is 59.1 Å². The van der Waals surface area contributed by atoms with Crippen LogP contribution >= 0.6 is 0 Å². The number of amidine groups is 1. The first-order valence-corrected chi connectivity index (χ1v) is 4.10. The summed E-state index contributed by atoms with van der Waals surface area (Å²) in [5.74, 6) is 1.02. The summed E-state index contributed by atoms with van der Waals surface area (Å²) < 4.78 is 5.16. The van der Waals surface area contributed by atoms with Crippen molar-refractivity contribution >= 4 is 5.84 Å². The van der Waals surface area contributed by atoms with Crippen LogP contribution < -0.4 is 10.5 Å². The van der Waals surface area contributed by atoms with Crippen LogP contribution in [0.2, 0.25) is 0 Å². The first-order valence-electron chi connectivity index (χ1n) is 4.10. The van der Waals surface area contributed by atoms with Crippen LogP contribution in [-0.2, 0) is 6.42 Å². The molecule has 0 aliphatic carbocycles. The van der Waals surface area contributed by atoms with Gasteiger partial charge in [0.15, 0.2) is 0 Å². The summed E-state index contributed by atoms with van der Waals surface area (Å²) in [6.07, 6.45) is 0.483. The van der Waals surface area contributed by atoms with Crippen LogP contribution in [0.4, 0.5) is 0 Å². The van der Waals surface area contributed by atoms with Gasteiger partial charge in [0.05, 0.1) is 12.9 Å². The second kappa shape index (κ2) is 3.94. The average molecular weight is 178 g/mol. The van der Waals surface area contributed by atoms with Crippen molar-refractivity contribution in [2.75, 3.05) is 7.11 Å². The van der Waals surface area contributed by atoms with Crippen LogP contribution in [0.25, 0.3) is 0 Å². The Hall–Kier alpha value is -1.51. The molecule has 0 aromatic heterocycles. The molecule has 3 nitrogen and oxygen atoms in total. The van der Waals surface area contributed by atoms with Crippen LogP contribution in [0, 0.1) is 12.3 Å². The van der Waals surface area contributed by atoms with Gasteiger partial charge in [0, 0.05) is 6.42 Å². The number of nitrogens with one attached hydrogen (secondary N) is 1. The summed E-state index contributed by atoms with van der Waals surface area (Å²) in [4.78, 5) is 0. The smallest absolute Gasteiger partial charge is 0.122 e. The molecule has 0 unspecified atom stereocenters. The molecule has 0 saturated heterocycles. The van der Waals surface area contributed by atoms with Crippen molar-refractivity contribution in [3.05, 3.63) is 29.3 Å². The Labute approximate surface area is 78.0 Å². The molecule has 13 heavy (non-hydrogen) atoms. The standard InChI is InChI=1S/C10H14N2O/c1-7-3-4-8(6-10(11)12)5-9(7)13-2/h3-5H,6H2,1-2H3,(H3,11,12). The Bertz CT molecular complexity index is 321. The summed E-state index contributed by atoms with van der Waals surface area (Å²) in [6, 6.07) is 5.84. The van der Waals surface area contributed by atoms with E-state index in [9.17, 15) is 0 Å². The van der Waals surface area contributed by atoms with Gasteiger partial charge < -0.3 is 10.5 Å². The van der Waals surface area contributed by atoms with E-state index in [1.54, 1.807) is 7.11 Å². The Morgan fingerprint density at radius 1 is 1.54 bits per heavy atom. The van der Waals surface area contributed by atoms with Crippen molar-refractivity contribution in [1.82, 2.24) is 0 Å². The highest BCUT2D eigenvalue weighted by Crippen LogP contribution is 2.18. The lowest BCUT2D eigenvalue weighted by Gasteiger charge is -2.06. The van der Waals surface area contributed by atoms with Gasteiger partial charge in [-0.1, -0.05) is 12.1 Å². The number of rotatable bonds is 3.